The lowest BCUT2D eigenvalue weighted by molar-refractivity contribution is 0.0912. The van der Waals surface area contributed by atoms with Crippen LogP contribution < -0.4 is 0 Å². The lowest BCUT2D eigenvalue weighted by Crippen LogP contribution is -2.16. The molecule has 0 radical (unpaired) electrons. The van der Waals surface area contributed by atoms with Crippen molar-refractivity contribution in [1.82, 2.24) is 20.2 Å². The number of hydrogen-bond acceptors (Lipinski definition) is 6. The summed E-state index contributed by atoms with van der Waals surface area (Å²) in [6, 6.07) is 5.66. The van der Waals surface area contributed by atoms with Gasteiger partial charge in [0.1, 0.15) is 5.82 Å². The maximum absolute atomic E-state index is 12.9. The van der Waals surface area contributed by atoms with Gasteiger partial charge in [-0.25, -0.2) is 9.07 Å². The Morgan fingerprint density at radius 2 is 2.21 bits per heavy atom. The van der Waals surface area contributed by atoms with E-state index in [0.29, 0.717) is 24.9 Å². The summed E-state index contributed by atoms with van der Waals surface area (Å²) in [6.07, 6.45) is 3.45. The molecule has 1 fully saturated rings. The second kappa shape index (κ2) is 8.34. The van der Waals surface area contributed by atoms with Crippen LogP contribution in [0.1, 0.15) is 36.0 Å². The van der Waals surface area contributed by atoms with Crippen molar-refractivity contribution in [2.75, 3.05) is 12.4 Å². The van der Waals surface area contributed by atoms with Gasteiger partial charge in [0, 0.05) is 24.3 Å². The van der Waals surface area contributed by atoms with E-state index in [-0.39, 0.29) is 17.7 Å². The highest BCUT2D eigenvalue weighted by atomic mass is 32.2. The summed E-state index contributed by atoms with van der Waals surface area (Å²) in [4.78, 5) is 12.0. The van der Waals surface area contributed by atoms with Crippen molar-refractivity contribution in [3.63, 3.8) is 0 Å². The van der Waals surface area contributed by atoms with Crippen LogP contribution in [0.5, 0.6) is 0 Å². The summed E-state index contributed by atoms with van der Waals surface area (Å²) in [5, 5.41) is 12.5. The van der Waals surface area contributed by atoms with Gasteiger partial charge in [-0.05, 0) is 54.0 Å². The Morgan fingerprint density at radius 1 is 1.38 bits per heavy atom. The number of aromatic nitrogens is 4. The van der Waals surface area contributed by atoms with Crippen LogP contribution in [-0.4, -0.2) is 44.5 Å². The van der Waals surface area contributed by atoms with E-state index >= 15 is 0 Å². The summed E-state index contributed by atoms with van der Waals surface area (Å²) < 4.78 is 20.2. The predicted molar refractivity (Wildman–Crippen MR) is 87.5 cm³/mol. The third kappa shape index (κ3) is 4.61. The third-order valence-electron chi connectivity index (χ3n) is 3.85. The van der Waals surface area contributed by atoms with Gasteiger partial charge >= 0.3 is 0 Å². The lowest BCUT2D eigenvalue weighted by atomic mass is 10.1. The van der Waals surface area contributed by atoms with Crippen molar-refractivity contribution in [3.8, 4) is 0 Å². The van der Waals surface area contributed by atoms with Gasteiger partial charge in [-0.3, -0.25) is 4.79 Å². The molecule has 8 heteroatoms. The minimum atomic E-state index is -0.333. The van der Waals surface area contributed by atoms with Gasteiger partial charge in [-0.1, -0.05) is 11.8 Å². The van der Waals surface area contributed by atoms with Crippen LogP contribution in [0.15, 0.2) is 29.4 Å². The Kier molecular flexibility index (Phi) is 5.92. The molecule has 0 amide bonds. The van der Waals surface area contributed by atoms with Crippen LogP contribution >= 0.6 is 11.8 Å². The molecule has 3 rings (SSSR count). The molecule has 128 valence electrons. The van der Waals surface area contributed by atoms with Gasteiger partial charge in [0.2, 0.25) is 5.16 Å². The summed E-state index contributed by atoms with van der Waals surface area (Å²) in [5.41, 5.74) is 0.546. The summed E-state index contributed by atoms with van der Waals surface area (Å²) in [5.74, 6) is 0.438. The highest BCUT2D eigenvalue weighted by molar-refractivity contribution is 7.99. The molecule has 1 aromatic carbocycles. The normalized spacial score (nSPS) is 17.3. The molecule has 1 aliphatic heterocycles. The Balaban J connectivity index is 1.42. The number of nitrogens with zero attached hydrogens (tertiary/aromatic N) is 4. The minimum absolute atomic E-state index is 0.0227. The Labute approximate surface area is 143 Å². The van der Waals surface area contributed by atoms with Gasteiger partial charge in [-0.2, -0.15) is 0 Å². The molecule has 6 nitrogen and oxygen atoms in total. The van der Waals surface area contributed by atoms with E-state index in [1.54, 1.807) is 4.68 Å². The number of thioether (sulfide) groups is 1. The van der Waals surface area contributed by atoms with Crippen molar-refractivity contribution in [1.29, 1.82) is 0 Å². The summed E-state index contributed by atoms with van der Waals surface area (Å²) in [6.45, 7) is 1.48. The monoisotopic (exact) mass is 350 g/mol. The van der Waals surface area contributed by atoms with Gasteiger partial charge in [0.15, 0.2) is 5.78 Å². The molecule has 1 unspecified atom stereocenters. The molecule has 0 bridgehead atoms. The SMILES string of the molecule is O=C(CCCSc1nnnn1CC1CCCO1)c1ccc(F)cc1. The maximum atomic E-state index is 12.9. The van der Waals surface area contributed by atoms with Crippen LogP contribution in [0.2, 0.25) is 0 Å². The van der Waals surface area contributed by atoms with Crippen molar-refractivity contribution >= 4 is 17.5 Å². The fourth-order valence-electron chi connectivity index (χ4n) is 2.57. The first-order valence-electron chi connectivity index (χ1n) is 8.02. The van der Waals surface area contributed by atoms with E-state index < -0.39 is 0 Å². The third-order valence-corrected chi connectivity index (χ3v) is 4.89. The topological polar surface area (TPSA) is 69.9 Å². The van der Waals surface area contributed by atoms with Crippen molar-refractivity contribution in [2.45, 2.75) is 43.5 Å². The Bertz CT molecular complexity index is 671. The number of ether oxygens (including phenoxy) is 1. The number of benzene rings is 1. The number of Topliss-reactive ketones (excluding diaryl/α,β-unsaturated/α-hetero) is 1. The Hall–Kier alpha value is -1.80. The second-order valence-corrected chi connectivity index (χ2v) is 6.72. The second-order valence-electron chi connectivity index (χ2n) is 5.66. The smallest absolute Gasteiger partial charge is 0.209 e. The minimum Gasteiger partial charge on any atom is -0.376 e. The number of ketones is 1. The fourth-order valence-corrected chi connectivity index (χ4v) is 3.40. The standard InChI is InChI=1S/C16H19FN4O2S/c17-13-7-5-12(6-8-13)15(22)4-2-10-24-16-18-19-20-21(16)11-14-3-1-9-23-14/h5-8,14H,1-4,9-11H2. The molecule has 0 spiro atoms. The van der Waals surface area contributed by atoms with Gasteiger partial charge in [0.05, 0.1) is 12.6 Å². The number of carbonyl (C=O) groups excluding carboxylic acids is 1. The van der Waals surface area contributed by atoms with Crippen molar-refractivity contribution in [2.24, 2.45) is 0 Å². The average molecular weight is 350 g/mol. The molecule has 2 aromatic rings. The van der Waals surface area contributed by atoms with Crippen LogP contribution in [0.25, 0.3) is 0 Å². The van der Waals surface area contributed by atoms with Crippen LogP contribution in [0, 0.1) is 5.82 Å². The molecule has 0 aliphatic carbocycles. The van der Waals surface area contributed by atoms with Gasteiger partial charge in [-0.15, -0.1) is 5.10 Å². The predicted octanol–water partition coefficient (Wildman–Crippen LogP) is 2.75. The number of hydrogen-bond donors (Lipinski definition) is 0. The molecule has 24 heavy (non-hydrogen) atoms. The summed E-state index contributed by atoms with van der Waals surface area (Å²) in [7, 11) is 0. The van der Waals surface area contributed by atoms with Crippen molar-refractivity contribution < 1.29 is 13.9 Å². The van der Waals surface area contributed by atoms with Crippen LogP contribution in [0.3, 0.4) is 0 Å². The molecule has 0 N–H and O–H groups in total. The highest BCUT2D eigenvalue weighted by Crippen LogP contribution is 2.19. The fraction of sp³-hybridized carbons (Fsp3) is 0.500. The molecule has 2 heterocycles. The first-order valence-corrected chi connectivity index (χ1v) is 9.00. The molecule has 1 atom stereocenters. The van der Waals surface area contributed by atoms with Crippen LogP contribution in [-0.2, 0) is 11.3 Å². The highest BCUT2D eigenvalue weighted by Gasteiger charge is 2.18. The van der Waals surface area contributed by atoms with Crippen LogP contribution in [0.4, 0.5) is 4.39 Å². The molecule has 1 aliphatic rings. The zero-order valence-corrected chi connectivity index (χ0v) is 14.0. The van der Waals surface area contributed by atoms with Crippen molar-refractivity contribution in [3.05, 3.63) is 35.6 Å². The quantitative estimate of drug-likeness (QED) is 0.414. The maximum Gasteiger partial charge on any atom is 0.209 e. The number of carbonyl (C=O) groups is 1. The zero-order valence-electron chi connectivity index (χ0n) is 13.2. The summed E-state index contributed by atoms with van der Waals surface area (Å²) >= 11 is 1.54. The Morgan fingerprint density at radius 3 is 2.96 bits per heavy atom. The van der Waals surface area contributed by atoms with E-state index in [1.165, 1.54) is 36.0 Å². The molecule has 1 saturated heterocycles. The number of tetrazole rings is 1. The lowest BCUT2D eigenvalue weighted by Gasteiger charge is -2.09. The average Bonchev–Trinajstić information content (AvgIpc) is 3.25. The largest absolute Gasteiger partial charge is 0.376 e. The number of halogens is 1. The molecule has 1 aromatic heterocycles. The number of rotatable bonds is 8. The first kappa shape index (κ1) is 17.0. The molecular weight excluding hydrogens is 331 g/mol. The van der Waals surface area contributed by atoms with E-state index in [2.05, 4.69) is 15.5 Å². The zero-order chi connectivity index (χ0) is 16.8. The van der Waals surface area contributed by atoms with E-state index in [9.17, 15) is 9.18 Å². The van der Waals surface area contributed by atoms with E-state index in [4.69, 9.17) is 4.74 Å². The van der Waals surface area contributed by atoms with Gasteiger partial charge in [0.25, 0.3) is 0 Å². The first-order chi connectivity index (χ1) is 11.7. The van der Waals surface area contributed by atoms with Gasteiger partial charge < -0.3 is 4.74 Å². The molecule has 0 saturated carbocycles. The van der Waals surface area contributed by atoms with E-state index in [1.807, 2.05) is 0 Å². The van der Waals surface area contributed by atoms with E-state index in [0.717, 1.165) is 30.4 Å². The molecular formula is C16H19FN4O2S.